The summed E-state index contributed by atoms with van der Waals surface area (Å²) >= 11 is 1.82. The van der Waals surface area contributed by atoms with Crippen LogP contribution in [0.25, 0.3) is 0 Å². The van der Waals surface area contributed by atoms with Crippen LogP contribution in [0.2, 0.25) is 0 Å². The summed E-state index contributed by atoms with van der Waals surface area (Å²) < 4.78 is 9.46. The average molecular weight is 655 g/mol. The minimum absolute atomic E-state index is 0.124. The van der Waals surface area contributed by atoms with Crippen LogP contribution in [-0.4, -0.2) is 148 Å². The van der Waals surface area contributed by atoms with Gasteiger partial charge in [-0.2, -0.15) is 11.8 Å². The number of ether oxygens (including phenoxy) is 2. The Balaban J connectivity index is 1.72. The number of carbonyl (C=O) groups excluding carboxylic acids is 6. The fourth-order valence-electron chi connectivity index (χ4n) is 5.12. The van der Waals surface area contributed by atoms with Crippen molar-refractivity contribution in [2.24, 2.45) is 11.8 Å². The molecule has 0 saturated carbocycles. The molecule has 254 valence electrons. The molecule has 0 aliphatic carbocycles. The van der Waals surface area contributed by atoms with Gasteiger partial charge in [-0.25, -0.2) is 0 Å². The lowest BCUT2D eigenvalue weighted by atomic mass is 10.1. The minimum atomic E-state index is -0.466. The number of thioether (sulfide) groups is 1. The zero-order valence-corrected chi connectivity index (χ0v) is 27.5. The Morgan fingerprint density at radius 3 is 1.82 bits per heavy atom. The lowest BCUT2D eigenvalue weighted by molar-refractivity contribution is -0.145. The quantitative estimate of drug-likeness (QED) is 0.0721. The molecule has 2 rings (SSSR count). The van der Waals surface area contributed by atoms with Crippen LogP contribution < -0.4 is 16.0 Å². The molecule has 14 nitrogen and oxygen atoms in total. The van der Waals surface area contributed by atoms with Crippen molar-refractivity contribution in [2.45, 2.75) is 32.1 Å². The Labute approximate surface area is 270 Å². The summed E-state index contributed by atoms with van der Waals surface area (Å²) in [6.07, 6.45) is 3.60. The van der Waals surface area contributed by atoms with E-state index in [2.05, 4.69) is 27.4 Å². The van der Waals surface area contributed by atoms with Crippen LogP contribution in [0, 0.1) is 11.8 Å². The molecule has 0 aromatic rings. The number of likely N-dealkylation sites (tertiary alicyclic amines) is 2. The first-order chi connectivity index (χ1) is 21.7. The van der Waals surface area contributed by atoms with E-state index in [9.17, 15) is 28.8 Å². The predicted octanol–water partition coefficient (Wildman–Crippen LogP) is -0.757. The van der Waals surface area contributed by atoms with Crippen molar-refractivity contribution in [1.82, 2.24) is 30.7 Å². The molecule has 15 heteroatoms. The number of rotatable bonds is 23. The van der Waals surface area contributed by atoms with Gasteiger partial charge in [0.2, 0.25) is 23.6 Å². The Hall–Kier alpha value is -3.17. The van der Waals surface area contributed by atoms with E-state index in [4.69, 9.17) is 9.47 Å². The maximum absolute atomic E-state index is 12.6. The van der Waals surface area contributed by atoms with Crippen LogP contribution in [0.5, 0.6) is 0 Å². The van der Waals surface area contributed by atoms with Gasteiger partial charge in [-0.1, -0.05) is 6.08 Å². The highest BCUT2D eigenvalue weighted by Crippen LogP contribution is 2.19. The van der Waals surface area contributed by atoms with Crippen molar-refractivity contribution in [3.63, 3.8) is 0 Å². The average Bonchev–Trinajstić information content (AvgIpc) is 3.59. The molecule has 0 bridgehead atoms. The number of esters is 2. The third-order valence-corrected chi connectivity index (χ3v) is 8.75. The zero-order valence-electron chi connectivity index (χ0n) is 26.7. The van der Waals surface area contributed by atoms with Gasteiger partial charge in [-0.05, 0) is 18.7 Å². The summed E-state index contributed by atoms with van der Waals surface area (Å²) in [7, 11) is 2.60. The molecule has 45 heavy (non-hydrogen) atoms. The highest BCUT2D eigenvalue weighted by atomic mass is 32.2. The van der Waals surface area contributed by atoms with E-state index in [1.54, 1.807) is 9.80 Å². The maximum atomic E-state index is 12.6. The highest BCUT2D eigenvalue weighted by Gasteiger charge is 2.35. The summed E-state index contributed by atoms with van der Waals surface area (Å²) in [4.78, 5) is 78.1. The van der Waals surface area contributed by atoms with E-state index in [-0.39, 0.29) is 62.4 Å². The second kappa shape index (κ2) is 21.5. The number of nitrogens with zero attached hydrogens (tertiary/aromatic N) is 3. The molecule has 0 spiro atoms. The molecule has 3 N–H and O–H groups in total. The first kappa shape index (κ1) is 38.0. The number of amides is 4. The Morgan fingerprint density at radius 1 is 0.844 bits per heavy atom. The predicted molar refractivity (Wildman–Crippen MR) is 170 cm³/mol. The Bertz CT molecular complexity index is 949. The summed E-state index contributed by atoms with van der Waals surface area (Å²) in [5, 5.41) is 8.97. The number of carbonyl (C=O) groups is 6. The third-order valence-electron chi connectivity index (χ3n) is 7.70. The standard InChI is InChI=1S/C30H50N6O8S/c1-4-8-31-9-5-17-45-18-16-34(12-6-25(37)32-10-14-35-21-23(19-27(35)39)29(41)43-2)13-7-26(38)33-11-15-36-22-24(20-28(36)40)30(42)44-3/h4,23-24,31H,1,5-22H2,2-3H3,(H,32,37)(H,33,38). The summed E-state index contributed by atoms with van der Waals surface area (Å²) in [5.74, 6) is -0.434. The first-order valence-electron chi connectivity index (χ1n) is 15.5. The third kappa shape index (κ3) is 14.6. The lowest BCUT2D eigenvalue weighted by Crippen LogP contribution is -2.39. The van der Waals surface area contributed by atoms with Gasteiger partial charge in [0.1, 0.15) is 0 Å². The minimum Gasteiger partial charge on any atom is -0.469 e. The maximum Gasteiger partial charge on any atom is 0.310 e. The monoisotopic (exact) mass is 654 g/mol. The van der Waals surface area contributed by atoms with Crippen LogP contribution in [-0.2, 0) is 38.2 Å². The number of hydrogen-bond acceptors (Lipinski definition) is 11. The topological polar surface area (TPSA) is 167 Å². The number of hydrogen-bond donors (Lipinski definition) is 3. The normalized spacial score (nSPS) is 17.9. The van der Waals surface area contributed by atoms with Gasteiger partial charge in [0.05, 0.1) is 26.1 Å². The van der Waals surface area contributed by atoms with Crippen LogP contribution in [0.4, 0.5) is 0 Å². The van der Waals surface area contributed by atoms with Crippen LogP contribution >= 0.6 is 11.8 Å². The van der Waals surface area contributed by atoms with E-state index in [0.29, 0.717) is 39.3 Å². The molecule has 0 radical (unpaired) electrons. The second-order valence-corrected chi connectivity index (χ2v) is 12.3. The van der Waals surface area contributed by atoms with Gasteiger partial charge in [-0.15, -0.1) is 6.58 Å². The Morgan fingerprint density at radius 2 is 1.36 bits per heavy atom. The largest absolute Gasteiger partial charge is 0.469 e. The fourth-order valence-corrected chi connectivity index (χ4v) is 6.06. The van der Waals surface area contributed by atoms with Gasteiger partial charge in [0, 0.05) is 96.9 Å². The summed E-state index contributed by atoms with van der Waals surface area (Å²) in [6, 6.07) is 0. The SMILES string of the molecule is C=CCNCCCSCCN(CCC(=O)NCCN1CC(C(=O)OC)CC1=O)CCC(=O)NCCN1CC(C(=O)OC)CC1=O. The van der Waals surface area contributed by atoms with E-state index in [1.165, 1.54) is 14.2 Å². The first-order valence-corrected chi connectivity index (χ1v) is 16.7. The molecule has 2 unspecified atom stereocenters. The van der Waals surface area contributed by atoms with E-state index in [0.717, 1.165) is 37.6 Å². The number of nitrogens with one attached hydrogen (secondary N) is 3. The van der Waals surface area contributed by atoms with Crippen molar-refractivity contribution in [3.8, 4) is 0 Å². The van der Waals surface area contributed by atoms with Gasteiger partial charge < -0.3 is 40.1 Å². The van der Waals surface area contributed by atoms with Gasteiger partial charge in [0.15, 0.2) is 0 Å². The van der Waals surface area contributed by atoms with Crippen LogP contribution in [0.3, 0.4) is 0 Å². The van der Waals surface area contributed by atoms with E-state index in [1.807, 2.05) is 17.8 Å². The molecule has 2 aliphatic heterocycles. The van der Waals surface area contributed by atoms with Crippen molar-refractivity contribution in [3.05, 3.63) is 12.7 Å². The van der Waals surface area contributed by atoms with E-state index >= 15 is 0 Å². The highest BCUT2D eigenvalue weighted by molar-refractivity contribution is 7.99. The van der Waals surface area contributed by atoms with Crippen molar-refractivity contribution < 1.29 is 38.2 Å². The molecule has 0 aromatic carbocycles. The van der Waals surface area contributed by atoms with Crippen LogP contribution in [0.15, 0.2) is 12.7 Å². The molecule has 2 aliphatic rings. The second-order valence-electron chi connectivity index (χ2n) is 11.0. The molecular weight excluding hydrogens is 604 g/mol. The van der Waals surface area contributed by atoms with Gasteiger partial charge in [0.25, 0.3) is 0 Å². The molecule has 2 saturated heterocycles. The molecule has 2 heterocycles. The zero-order chi connectivity index (χ0) is 33.0. The summed E-state index contributed by atoms with van der Waals surface area (Å²) in [6.45, 7) is 8.89. The van der Waals surface area contributed by atoms with Gasteiger partial charge in [-0.3, -0.25) is 28.8 Å². The molecule has 2 fully saturated rings. The molecular formula is C30H50N6O8S. The smallest absolute Gasteiger partial charge is 0.310 e. The Kier molecular flexibility index (Phi) is 18.2. The molecule has 2 atom stereocenters. The van der Waals surface area contributed by atoms with Crippen molar-refractivity contribution in [2.75, 3.05) is 97.7 Å². The van der Waals surface area contributed by atoms with Gasteiger partial charge >= 0.3 is 11.9 Å². The fraction of sp³-hybridized carbons (Fsp3) is 0.733. The summed E-state index contributed by atoms with van der Waals surface area (Å²) in [5.41, 5.74) is 0. The number of methoxy groups -OCH3 is 2. The lowest BCUT2D eigenvalue weighted by Gasteiger charge is -2.22. The van der Waals surface area contributed by atoms with Crippen molar-refractivity contribution >= 4 is 47.3 Å². The molecule has 4 amide bonds. The molecule has 0 aromatic heterocycles. The van der Waals surface area contributed by atoms with E-state index < -0.39 is 23.8 Å². The van der Waals surface area contributed by atoms with Crippen LogP contribution in [0.1, 0.15) is 32.1 Å². The van der Waals surface area contributed by atoms with Crippen molar-refractivity contribution in [1.29, 1.82) is 0 Å².